The fraction of sp³-hybridized carbons (Fsp3) is 0.913. The third-order valence-electron chi connectivity index (χ3n) is 6.28. The Kier molecular flexibility index (Phi) is 14.0. The van der Waals surface area contributed by atoms with Gasteiger partial charge in [0.2, 0.25) is 0 Å². The summed E-state index contributed by atoms with van der Waals surface area (Å²) in [6, 6.07) is 0. The summed E-state index contributed by atoms with van der Waals surface area (Å²) in [7, 11) is 1.96. The molecule has 9 heteroatoms. The van der Waals surface area contributed by atoms with Gasteiger partial charge < -0.3 is 19.7 Å². The van der Waals surface area contributed by atoms with E-state index in [4.69, 9.17) is 9.47 Å². The lowest BCUT2D eigenvalue weighted by Gasteiger charge is -2.45. The first-order valence-electron chi connectivity index (χ1n) is 12.0. The van der Waals surface area contributed by atoms with Crippen molar-refractivity contribution in [3.05, 3.63) is 12.2 Å². The van der Waals surface area contributed by atoms with Gasteiger partial charge in [-0.05, 0) is 26.1 Å². The number of ether oxygens (including phenoxy) is 2. The van der Waals surface area contributed by atoms with Crippen LogP contribution in [0.5, 0.6) is 0 Å². The van der Waals surface area contributed by atoms with Crippen LogP contribution in [-0.2, 0) is 9.47 Å². The molecular weight excluding hydrogens is 464 g/mol. The number of aliphatic hydroxyl groups is 2. The van der Waals surface area contributed by atoms with Crippen molar-refractivity contribution < 1.29 is 19.7 Å². The van der Waals surface area contributed by atoms with E-state index in [2.05, 4.69) is 32.7 Å². The largest absolute Gasteiger partial charge is 0.378 e. The smallest absolute Gasteiger partial charge is 0.117 e. The Hall–Kier alpha value is 0.550. The van der Waals surface area contributed by atoms with Gasteiger partial charge in [-0.3, -0.25) is 9.80 Å². The number of rotatable bonds is 15. The van der Waals surface area contributed by atoms with Crippen molar-refractivity contribution in [3.63, 3.8) is 0 Å². The second-order valence-corrected chi connectivity index (χ2v) is 11.7. The van der Waals surface area contributed by atoms with E-state index < -0.39 is 12.5 Å². The highest BCUT2D eigenvalue weighted by Crippen LogP contribution is 2.37. The number of aliphatic hydroxyl groups excluding tert-OH is 2. The summed E-state index contributed by atoms with van der Waals surface area (Å²) in [6.45, 7) is 7.14. The molecule has 6 nitrogen and oxygen atoms in total. The molecule has 1 fully saturated rings. The van der Waals surface area contributed by atoms with E-state index in [1.54, 1.807) is 23.5 Å². The zero-order valence-corrected chi connectivity index (χ0v) is 22.7. The molecular formula is C23H44N2O4S3. The van der Waals surface area contributed by atoms with Crippen molar-refractivity contribution in [2.45, 2.75) is 68.9 Å². The van der Waals surface area contributed by atoms with Crippen LogP contribution in [0.15, 0.2) is 12.2 Å². The number of nitrogens with zero attached hydrogens (tertiary/aromatic N) is 2. The fourth-order valence-electron chi connectivity index (χ4n) is 4.21. The molecule has 1 heterocycles. The first-order chi connectivity index (χ1) is 15.5. The molecule has 2 N–H and O–H groups in total. The standard InChI is InChI=1S/C23H44N2O4S3/c1-5-7-13-28-19-17(21(26)24(3)11-15-31-4)9-10-18(20(19)29-14-8-6-2)22(27)25-12-16-32-23(25)30/h9-10,17-23,26-27,30H,5-8,11-16H2,1-4H3/t17-,18+,19?,20?,21-,22+,23-/m1/s1. The maximum absolute atomic E-state index is 11.3. The Labute approximate surface area is 209 Å². The average Bonchev–Trinajstić information content (AvgIpc) is 3.23. The van der Waals surface area contributed by atoms with Crippen molar-refractivity contribution in [2.75, 3.05) is 51.1 Å². The molecule has 2 rings (SSSR count). The molecule has 2 aliphatic rings. The van der Waals surface area contributed by atoms with Crippen LogP contribution in [0.1, 0.15) is 39.5 Å². The first kappa shape index (κ1) is 28.8. The maximum Gasteiger partial charge on any atom is 0.117 e. The Morgan fingerprint density at radius 1 is 1.12 bits per heavy atom. The number of hydrogen-bond donors (Lipinski definition) is 3. The minimum absolute atomic E-state index is 0.0184. The maximum atomic E-state index is 11.3. The predicted octanol–water partition coefficient (Wildman–Crippen LogP) is 3.35. The van der Waals surface area contributed by atoms with Gasteiger partial charge in [0.05, 0.1) is 12.2 Å². The topological polar surface area (TPSA) is 65.4 Å². The highest BCUT2D eigenvalue weighted by Gasteiger charge is 2.46. The molecule has 0 aromatic rings. The number of thiol groups is 1. The van der Waals surface area contributed by atoms with Crippen LogP contribution < -0.4 is 0 Å². The van der Waals surface area contributed by atoms with Crippen LogP contribution in [-0.4, -0.2) is 100 Å². The molecule has 1 aliphatic carbocycles. The van der Waals surface area contributed by atoms with Gasteiger partial charge in [-0.2, -0.15) is 11.8 Å². The van der Waals surface area contributed by atoms with Gasteiger partial charge in [0.15, 0.2) is 0 Å². The Balaban J connectivity index is 2.28. The van der Waals surface area contributed by atoms with E-state index in [1.165, 1.54) is 0 Å². The summed E-state index contributed by atoms with van der Waals surface area (Å²) >= 11 is 8.16. The molecule has 0 bridgehead atoms. The first-order valence-corrected chi connectivity index (χ1v) is 14.9. The molecule has 32 heavy (non-hydrogen) atoms. The van der Waals surface area contributed by atoms with Gasteiger partial charge in [-0.1, -0.05) is 38.8 Å². The minimum atomic E-state index is -0.694. The van der Waals surface area contributed by atoms with Gasteiger partial charge in [0.25, 0.3) is 0 Å². The Bertz CT molecular complexity index is 545. The zero-order valence-electron chi connectivity index (χ0n) is 20.1. The number of unbranched alkanes of at least 4 members (excludes halogenated alkanes) is 2. The Morgan fingerprint density at radius 3 is 2.25 bits per heavy atom. The van der Waals surface area contributed by atoms with E-state index in [9.17, 15) is 10.2 Å². The van der Waals surface area contributed by atoms with Crippen molar-refractivity contribution in [3.8, 4) is 0 Å². The summed E-state index contributed by atoms with van der Waals surface area (Å²) in [5.41, 5.74) is 0. The normalized spacial score (nSPS) is 30.8. The van der Waals surface area contributed by atoms with E-state index >= 15 is 0 Å². The molecule has 0 aromatic heterocycles. The average molecular weight is 509 g/mol. The lowest BCUT2D eigenvalue weighted by molar-refractivity contribution is -0.171. The zero-order chi connectivity index (χ0) is 23.5. The monoisotopic (exact) mass is 508 g/mol. The summed E-state index contributed by atoms with van der Waals surface area (Å²) in [5, 5.41) is 22.5. The highest BCUT2D eigenvalue weighted by atomic mass is 32.2. The molecule has 0 aromatic carbocycles. The SMILES string of the molecule is CCCCOC1C(OCCCC)[C@@H]([C@H](O)N2CCS[C@H]2S)C=C[C@H]1[C@@H](O)N(C)CCSC. The predicted molar refractivity (Wildman–Crippen MR) is 140 cm³/mol. The van der Waals surface area contributed by atoms with Crippen LogP contribution in [0.4, 0.5) is 0 Å². The van der Waals surface area contributed by atoms with E-state index in [1.807, 2.05) is 29.0 Å². The summed E-state index contributed by atoms with van der Waals surface area (Å²) in [6.07, 6.45) is 8.17. The quantitative estimate of drug-likeness (QED) is 0.135. The summed E-state index contributed by atoms with van der Waals surface area (Å²) in [5.74, 6) is 1.47. The van der Waals surface area contributed by atoms with E-state index in [0.717, 1.165) is 50.3 Å². The van der Waals surface area contributed by atoms with Crippen molar-refractivity contribution in [2.24, 2.45) is 11.8 Å². The second kappa shape index (κ2) is 15.5. The van der Waals surface area contributed by atoms with Crippen molar-refractivity contribution in [1.29, 1.82) is 0 Å². The number of hydrogen-bond acceptors (Lipinski definition) is 9. The van der Waals surface area contributed by atoms with Gasteiger partial charge in [-0.15, -0.1) is 24.4 Å². The molecule has 188 valence electrons. The van der Waals surface area contributed by atoms with Crippen LogP contribution in [0, 0.1) is 11.8 Å². The van der Waals surface area contributed by atoms with E-state index in [0.29, 0.717) is 13.2 Å². The fourth-order valence-corrected chi connectivity index (χ4v) is 6.19. The second-order valence-electron chi connectivity index (χ2n) is 8.65. The molecule has 0 spiro atoms. The van der Waals surface area contributed by atoms with Crippen molar-refractivity contribution >= 4 is 36.2 Å². The molecule has 1 aliphatic heterocycles. The highest BCUT2D eigenvalue weighted by molar-refractivity contribution is 8.10. The Morgan fingerprint density at radius 2 is 1.72 bits per heavy atom. The molecule has 0 radical (unpaired) electrons. The third-order valence-corrected chi connectivity index (χ3v) is 8.60. The van der Waals surface area contributed by atoms with Gasteiger partial charge >= 0.3 is 0 Å². The van der Waals surface area contributed by atoms with E-state index in [-0.39, 0.29) is 28.7 Å². The summed E-state index contributed by atoms with van der Waals surface area (Å²) in [4.78, 5) is 4.02. The molecule has 0 saturated carbocycles. The van der Waals surface area contributed by atoms with Gasteiger partial charge in [0, 0.05) is 49.6 Å². The molecule has 2 unspecified atom stereocenters. The van der Waals surface area contributed by atoms with Gasteiger partial charge in [0.1, 0.15) is 17.2 Å². The lowest BCUT2D eigenvalue weighted by atomic mass is 9.80. The van der Waals surface area contributed by atoms with Crippen molar-refractivity contribution in [1.82, 2.24) is 9.80 Å². The van der Waals surface area contributed by atoms with Crippen LogP contribution in [0.25, 0.3) is 0 Å². The van der Waals surface area contributed by atoms with Crippen LogP contribution >= 0.6 is 36.2 Å². The third kappa shape index (κ3) is 8.05. The minimum Gasteiger partial charge on any atom is -0.378 e. The van der Waals surface area contributed by atoms with Gasteiger partial charge in [-0.25, -0.2) is 0 Å². The molecule has 0 amide bonds. The lowest BCUT2D eigenvalue weighted by Crippen LogP contribution is -2.56. The summed E-state index contributed by atoms with van der Waals surface area (Å²) < 4.78 is 12.8. The molecule has 1 saturated heterocycles. The van der Waals surface area contributed by atoms with Crippen LogP contribution in [0.3, 0.4) is 0 Å². The number of thioether (sulfide) groups is 2. The van der Waals surface area contributed by atoms with Crippen LogP contribution in [0.2, 0.25) is 0 Å². The molecule has 7 atom stereocenters.